The van der Waals surface area contributed by atoms with Crippen LogP contribution in [0.2, 0.25) is 0 Å². The van der Waals surface area contributed by atoms with Crippen molar-refractivity contribution in [3.63, 3.8) is 0 Å². The lowest BCUT2D eigenvalue weighted by Gasteiger charge is -2.40. The average molecular weight is 888 g/mol. The number of nitrogens with zero attached hydrogens (tertiary/aromatic N) is 1. The minimum atomic E-state index is -1.71. The normalized spacial score (nSPS) is 18.6. The number of aliphatic carboxylic acids is 1. The highest BCUT2D eigenvalue weighted by atomic mass is 16.6. The van der Waals surface area contributed by atoms with E-state index in [1.165, 1.54) is 0 Å². The maximum atomic E-state index is 13.4. The van der Waals surface area contributed by atoms with Crippen molar-refractivity contribution in [1.29, 1.82) is 0 Å². The third kappa shape index (κ3) is 19.6. The molecule has 28 nitrogen and oxygen atoms in total. The number of aliphatic hydroxyl groups excluding tert-OH is 2. The quantitative estimate of drug-likeness (QED) is 0.0188. The number of carbonyl (C=O) groups excluding carboxylic acids is 9. The van der Waals surface area contributed by atoms with E-state index < -0.39 is 145 Å². The first kappa shape index (κ1) is 53.4. The van der Waals surface area contributed by atoms with Gasteiger partial charge >= 0.3 is 5.97 Å². The number of hydrogen-bond donors (Lipinski definition) is 15. The molecule has 22 N–H and O–H groups in total. The number of amides is 9. The number of nitrogens with two attached hydrogens (primary N) is 7. The van der Waals surface area contributed by atoms with Crippen LogP contribution in [-0.4, -0.2) is 155 Å². The van der Waals surface area contributed by atoms with Crippen LogP contribution < -0.4 is 66.7 Å². The van der Waals surface area contributed by atoms with Crippen LogP contribution in [-0.2, 0) is 57.4 Å². The lowest BCUT2D eigenvalue weighted by atomic mass is 9.92. The van der Waals surface area contributed by atoms with Crippen LogP contribution in [0.1, 0.15) is 58.3 Å². The fraction of sp³-hybridized carbons (Fsp3) is 0.618. The zero-order valence-corrected chi connectivity index (χ0v) is 33.8. The molecule has 0 aromatic rings. The van der Waals surface area contributed by atoms with Gasteiger partial charge in [0.15, 0.2) is 12.1 Å². The van der Waals surface area contributed by atoms with Crippen molar-refractivity contribution in [3.8, 4) is 0 Å². The predicted octanol–water partition coefficient (Wildman–Crippen LogP) is -8.80. The Labute approximate surface area is 353 Å². The fourth-order valence-electron chi connectivity index (χ4n) is 5.72. The number of rotatable bonds is 29. The highest BCUT2D eigenvalue weighted by molar-refractivity contribution is 5.95. The van der Waals surface area contributed by atoms with E-state index in [4.69, 9.17) is 49.6 Å². The molecular formula is C34H57N13O15. The number of carbonyl (C=O) groups is 10. The van der Waals surface area contributed by atoms with E-state index in [1.807, 2.05) is 0 Å². The molecule has 0 spiro atoms. The first-order valence-corrected chi connectivity index (χ1v) is 18.9. The van der Waals surface area contributed by atoms with Gasteiger partial charge in [0.25, 0.3) is 0 Å². The molecule has 0 aromatic heterocycles. The molecule has 348 valence electrons. The van der Waals surface area contributed by atoms with Crippen LogP contribution in [0, 0.1) is 0 Å². The second kappa shape index (κ2) is 26.5. The zero-order chi connectivity index (χ0) is 47.3. The molecule has 1 aliphatic heterocycles. The standard InChI is InChI=1S/C34H57N13O15/c1-14(49)43-26-19(47-34(40)41)12-21(33(59)60)62-28(26)27(20(50)13-48)61-11-10-42-25(54)9-2-15(35)30(56)45-17(4-7-23(37)52)32(58)46-18(5-8-24(38)53)31(57)44-16(29(39)55)3-6-22(36)51/h12,15-20,26-28,48,50H,2-11,13,35H2,1H3,(H2,36,51)(H2,37,52)(H2,38,53)(H2,39,55)(H,42,54)(H,43,49)(H,44,57)(H,45,56)(H,46,58)(H,59,60)(H4,40,41,47)/t15?,16-,17-,18-,19-,20+,26+,27+,28+/m0/s1. The number of primary amides is 4. The third-order valence-electron chi connectivity index (χ3n) is 8.79. The predicted molar refractivity (Wildman–Crippen MR) is 211 cm³/mol. The van der Waals surface area contributed by atoms with Gasteiger partial charge in [-0.1, -0.05) is 0 Å². The number of aliphatic imine (C=N–C) groups is 1. The lowest BCUT2D eigenvalue weighted by Crippen LogP contribution is -2.60. The van der Waals surface area contributed by atoms with E-state index in [0.29, 0.717) is 0 Å². The number of nitrogens with one attached hydrogen (secondary N) is 5. The van der Waals surface area contributed by atoms with Crippen LogP contribution in [0.5, 0.6) is 0 Å². The second-order valence-electron chi connectivity index (χ2n) is 13.9. The summed E-state index contributed by atoms with van der Waals surface area (Å²) in [6.45, 7) is -0.398. The summed E-state index contributed by atoms with van der Waals surface area (Å²) in [5.41, 5.74) is 37.8. The van der Waals surface area contributed by atoms with Crippen LogP contribution in [0.15, 0.2) is 16.8 Å². The van der Waals surface area contributed by atoms with Gasteiger partial charge < -0.3 is 91.5 Å². The van der Waals surface area contributed by atoms with E-state index in [0.717, 1.165) is 13.0 Å². The molecule has 0 fully saturated rings. The molecule has 1 heterocycles. The van der Waals surface area contributed by atoms with Crippen LogP contribution in [0.25, 0.3) is 0 Å². The van der Waals surface area contributed by atoms with Gasteiger partial charge in [-0.2, -0.15) is 0 Å². The molecule has 0 aliphatic carbocycles. The third-order valence-corrected chi connectivity index (χ3v) is 8.79. The number of aliphatic hydroxyl groups is 2. The summed E-state index contributed by atoms with van der Waals surface area (Å²) < 4.78 is 11.2. The molecule has 0 saturated carbocycles. The summed E-state index contributed by atoms with van der Waals surface area (Å²) in [6.07, 6.45) is -6.63. The largest absolute Gasteiger partial charge is 0.478 e. The van der Waals surface area contributed by atoms with E-state index >= 15 is 0 Å². The fourth-order valence-corrected chi connectivity index (χ4v) is 5.72. The topological polar surface area (TPSA) is 504 Å². The van der Waals surface area contributed by atoms with Crippen molar-refractivity contribution in [2.24, 2.45) is 45.1 Å². The van der Waals surface area contributed by atoms with E-state index in [-0.39, 0.29) is 51.7 Å². The Morgan fingerprint density at radius 1 is 0.774 bits per heavy atom. The molecule has 0 aromatic carbocycles. The summed E-state index contributed by atoms with van der Waals surface area (Å²) in [5, 5.41) is 41.8. The van der Waals surface area contributed by atoms with Crippen LogP contribution >= 0.6 is 0 Å². The molecular weight excluding hydrogens is 830 g/mol. The number of carboxylic acids is 1. The smallest absolute Gasteiger partial charge is 0.370 e. The Morgan fingerprint density at radius 2 is 1.27 bits per heavy atom. The molecule has 0 radical (unpaired) electrons. The van der Waals surface area contributed by atoms with Gasteiger partial charge in [-0.25, -0.2) is 9.79 Å². The minimum absolute atomic E-state index is 0.253. The van der Waals surface area contributed by atoms with Gasteiger partial charge in [-0.05, 0) is 31.8 Å². The Hall–Kier alpha value is -6.65. The molecule has 28 heteroatoms. The summed E-state index contributed by atoms with van der Waals surface area (Å²) in [4.78, 5) is 126. The van der Waals surface area contributed by atoms with E-state index in [9.17, 15) is 63.3 Å². The maximum absolute atomic E-state index is 13.4. The Morgan fingerprint density at radius 3 is 1.73 bits per heavy atom. The maximum Gasteiger partial charge on any atom is 0.370 e. The van der Waals surface area contributed by atoms with Crippen molar-refractivity contribution in [3.05, 3.63) is 11.8 Å². The molecule has 1 rings (SSSR count). The van der Waals surface area contributed by atoms with Crippen molar-refractivity contribution >= 4 is 65.1 Å². The van der Waals surface area contributed by atoms with Crippen LogP contribution in [0.3, 0.4) is 0 Å². The summed E-state index contributed by atoms with van der Waals surface area (Å²) in [5.74, 6) is -10.5. The van der Waals surface area contributed by atoms with Crippen molar-refractivity contribution in [1.82, 2.24) is 26.6 Å². The number of ether oxygens (including phenoxy) is 2. The van der Waals surface area contributed by atoms with Crippen molar-refractivity contribution in [2.45, 2.75) is 113 Å². The Balaban J connectivity index is 2.99. The molecule has 0 saturated heterocycles. The highest BCUT2D eigenvalue weighted by Gasteiger charge is 2.45. The molecule has 62 heavy (non-hydrogen) atoms. The summed E-state index contributed by atoms with van der Waals surface area (Å²) >= 11 is 0. The van der Waals surface area contributed by atoms with Crippen molar-refractivity contribution < 1.29 is 72.7 Å². The van der Waals surface area contributed by atoms with Gasteiger partial charge in [0.2, 0.25) is 58.9 Å². The first-order valence-electron chi connectivity index (χ1n) is 18.9. The second-order valence-corrected chi connectivity index (χ2v) is 13.9. The van der Waals surface area contributed by atoms with Gasteiger partial charge in [0, 0.05) is 39.2 Å². The minimum Gasteiger partial charge on any atom is -0.478 e. The number of guanidine groups is 1. The zero-order valence-electron chi connectivity index (χ0n) is 33.8. The Bertz CT molecular complexity index is 1710. The monoisotopic (exact) mass is 887 g/mol. The molecule has 1 aliphatic rings. The highest BCUT2D eigenvalue weighted by Crippen LogP contribution is 2.26. The number of carboxylic acid groups (broad SMARTS) is 1. The van der Waals surface area contributed by atoms with E-state index in [2.05, 4.69) is 31.6 Å². The van der Waals surface area contributed by atoms with Crippen molar-refractivity contribution in [2.75, 3.05) is 19.8 Å². The molecule has 9 atom stereocenters. The van der Waals surface area contributed by atoms with Gasteiger partial charge in [-0.15, -0.1) is 0 Å². The first-order chi connectivity index (χ1) is 29.0. The molecule has 1 unspecified atom stereocenters. The summed E-state index contributed by atoms with van der Waals surface area (Å²) in [7, 11) is 0. The number of hydrogen-bond acceptors (Lipinski definition) is 16. The average Bonchev–Trinajstić information content (AvgIpc) is 3.17. The van der Waals surface area contributed by atoms with Gasteiger partial charge in [-0.3, -0.25) is 43.2 Å². The lowest BCUT2D eigenvalue weighted by molar-refractivity contribution is -0.153. The molecule has 0 bridgehead atoms. The van der Waals surface area contributed by atoms with Gasteiger partial charge in [0.1, 0.15) is 30.3 Å². The van der Waals surface area contributed by atoms with E-state index in [1.54, 1.807) is 0 Å². The SMILES string of the molecule is CC(=O)N[C@H]1[C@H]([C@H](OCCNC(=O)CCC(N)C(=O)N[C@@H](CCC(N)=O)C(=O)N[C@@H](CCC(N)=O)C(=O)N[C@@H](CCC(N)=O)C(N)=O)[C@H](O)CO)OC(C(=O)O)=C[C@@H]1N=C(N)N. The Kier molecular flexibility index (Phi) is 22.8. The summed E-state index contributed by atoms with van der Waals surface area (Å²) in [6, 6.07) is -8.33. The van der Waals surface area contributed by atoms with Crippen LogP contribution in [0.4, 0.5) is 0 Å². The molecule has 9 amide bonds. The van der Waals surface area contributed by atoms with Gasteiger partial charge in [0.05, 0.1) is 31.3 Å².